The molecule has 4 atom stereocenters. The van der Waals surface area contributed by atoms with Gasteiger partial charge in [0.25, 0.3) is 0 Å². The first-order valence-corrected chi connectivity index (χ1v) is 5.03. The normalized spacial score (nSPS) is 39.9. The number of nitrogens with zero attached hydrogens (tertiary/aromatic N) is 1. The van der Waals surface area contributed by atoms with Crippen LogP contribution in [0.15, 0.2) is 0 Å². The van der Waals surface area contributed by atoms with Gasteiger partial charge >= 0.3 is 0 Å². The summed E-state index contributed by atoms with van der Waals surface area (Å²) in [6.07, 6.45) is -0.0147. The molecule has 1 fully saturated rings. The van der Waals surface area contributed by atoms with Crippen molar-refractivity contribution in [1.82, 2.24) is 0 Å². The van der Waals surface area contributed by atoms with Crippen molar-refractivity contribution in [2.24, 2.45) is 0 Å². The highest BCUT2D eigenvalue weighted by Gasteiger charge is 2.42. The van der Waals surface area contributed by atoms with Crippen LogP contribution in [0, 0.1) is 0 Å². The van der Waals surface area contributed by atoms with Crippen LogP contribution in [0.4, 0.5) is 0 Å². The third kappa shape index (κ3) is 2.45. The highest BCUT2D eigenvalue weighted by Crippen LogP contribution is 2.26. The number of rotatable bonds is 2. The van der Waals surface area contributed by atoms with Crippen LogP contribution in [0.1, 0.15) is 13.3 Å². The second-order valence-electron chi connectivity index (χ2n) is 4.92. The fourth-order valence-corrected chi connectivity index (χ4v) is 1.95. The summed E-state index contributed by atoms with van der Waals surface area (Å²) in [5.41, 5.74) is 0. The number of ether oxygens (including phenoxy) is 2. The molecule has 0 aliphatic carbocycles. The highest BCUT2D eigenvalue weighted by atomic mass is 16.7. The fraction of sp³-hybridized carbons (Fsp3) is 1.00. The first-order valence-electron chi connectivity index (χ1n) is 5.03. The van der Waals surface area contributed by atoms with E-state index < -0.39 is 6.10 Å². The summed E-state index contributed by atoms with van der Waals surface area (Å²) in [4.78, 5) is 0. The Labute approximate surface area is 86.0 Å². The number of hydrogen-bond acceptors (Lipinski definition) is 3. The van der Waals surface area contributed by atoms with Crippen molar-refractivity contribution in [3.05, 3.63) is 0 Å². The molecular formula is C10H22NO3+. The van der Waals surface area contributed by atoms with Crippen molar-refractivity contribution < 1.29 is 19.1 Å². The molecule has 4 nitrogen and oxygen atoms in total. The maximum Gasteiger partial charge on any atom is 0.163 e. The fourth-order valence-electron chi connectivity index (χ4n) is 1.95. The summed E-state index contributed by atoms with van der Waals surface area (Å²) in [6.45, 7) is 1.89. The molecule has 0 radical (unpaired) electrons. The van der Waals surface area contributed by atoms with Gasteiger partial charge in [0.1, 0.15) is 12.1 Å². The quantitative estimate of drug-likeness (QED) is 0.653. The Morgan fingerprint density at radius 1 is 1.36 bits per heavy atom. The molecule has 1 aliphatic rings. The summed E-state index contributed by atoms with van der Waals surface area (Å²) in [6, 6.07) is 0.170. The van der Waals surface area contributed by atoms with Crippen molar-refractivity contribution in [3.63, 3.8) is 0 Å². The van der Waals surface area contributed by atoms with Gasteiger partial charge in [-0.15, -0.1) is 0 Å². The molecule has 1 heterocycles. The summed E-state index contributed by atoms with van der Waals surface area (Å²) in [7, 11) is 7.89. The Bertz CT molecular complexity index is 190. The van der Waals surface area contributed by atoms with Crippen LogP contribution in [-0.2, 0) is 9.47 Å². The lowest BCUT2D eigenvalue weighted by atomic mass is 9.97. The van der Waals surface area contributed by atoms with E-state index in [4.69, 9.17) is 9.47 Å². The van der Waals surface area contributed by atoms with Gasteiger partial charge in [-0.05, 0) is 6.92 Å². The standard InChI is InChI=1S/C10H22NO3/c1-7-10(12)8(11(2,3)4)6-9(13-5)14-7/h7-10,12H,6H2,1-5H3/q+1/t7?,8?,9?,10-/m1/s1. The molecule has 84 valence electrons. The Hall–Kier alpha value is -0.160. The third-order valence-corrected chi connectivity index (χ3v) is 2.93. The maximum atomic E-state index is 9.99. The Kier molecular flexibility index (Phi) is 3.53. The van der Waals surface area contributed by atoms with E-state index in [1.54, 1.807) is 7.11 Å². The van der Waals surface area contributed by atoms with Gasteiger partial charge in [-0.3, -0.25) is 0 Å². The van der Waals surface area contributed by atoms with Crippen LogP contribution in [0.2, 0.25) is 0 Å². The molecule has 0 aromatic rings. The van der Waals surface area contributed by atoms with Gasteiger partial charge in [-0.2, -0.15) is 0 Å². The molecule has 3 unspecified atom stereocenters. The van der Waals surface area contributed by atoms with Crippen LogP contribution >= 0.6 is 0 Å². The minimum atomic E-state index is -0.415. The van der Waals surface area contributed by atoms with E-state index in [1.165, 1.54) is 0 Å². The van der Waals surface area contributed by atoms with E-state index in [-0.39, 0.29) is 18.4 Å². The van der Waals surface area contributed by atoms with Gasteiger partial charge in [0.2, 0.25) is 0 Å². The van der Waals surface area contributed by atoms with Crippen molar-refractivity contribution in [2.45, 2.75) is 37.9 Å². The lowest BCUT2D eigenvalue weighted by molar-refractivity contribution is -0.903. The zero-order chi connectivity index (χ0) is 10.9. The van der Waals surface area contributed by atoms with Gasteiger partial charge < -0.3 is 19.1 Å². The second kappa shape index (κ2) is 4.14. The first kappa shape index (κ1) is 11.9. The number of methoxy groups -OCH3 is 1. The van der Waals surface area contributed by atoms with E-state index >= 15 is 0 Å². The van der Waals surface area contributed by atoms with E-state index in [9.17, 15) is 5.11 Å². The minimum Gasteiger partial charge on any atom is -0.384 e. The number of aliphatic hydroxyl groups is 1. The molecule has 14 heavy (non-hydrogen) atoms. The molecule has 4 heteroatoms. The lowest BCUT2D eigenvalue weighted by Crippen LogP contribution is -2.60. The molecule has 1 rings (SSSR count). The average molecular weight is 204 g/mol. The molecule has 0 aromatic heterocycles. The molecule has 1 N–H and O–H groups in total. The zero-order valence-electron chi connectivity index (χ0n) is 9.73. The van der Waals surface area contributed by atoms with Gasteiger partial charge in [0.05, 0.1) is 33.7 Å². The Morgan fingerprint density at radius 2 is 1.93 bits per heavy atom. The van der Waals surface area contributed by atoms with Crippen LogP contribution in [0.25, 0.3) is 0 Å². The molecule has 1 aliphatic heterocycles. The van der Waals surface area contributed by atoms with Gasteiger partial charge in [-0.25, -0.2) is 0 Å². The van der Waals surface area contributed by atoms with E-state index in [1.807, 2.05) is 6.92 Å². The largest absolute Gasteiger partial charge is 0.384 e. The van der Waals surface area contributed by atoms with E-state index in [2.05, 4.69) is 21.1 Å². The van der Waals surface area contributed by atoms with Gasteiger partial charge in [0, 0.05) is 7.11 Å². The predicted molar refractivity (Wildman–Crippen MR) is 53.8 cm³/mol. The third-order valence-electron chi connectivity index (χ3n) is 2.93. The van der Waals surface area contributed by atoms with Gasteiger partial charge in [-0.1, -0.05) is 0 Å². The van der Waals surface area contributed by atoms with Crippen molar-refractivity contribution in [1.29, 1.82) is 0 Å². The molecule has 0 amide bonds. The summed E-state index contributed by atoms with van der Waals surface area (Å²) in [5, 5.41) is 9.99. The number of likely N-dealkylation sites (N-methyl/N-ethyl adjacent to an activating group) is 1. The van der Waals surface area contributed by atoms with Gasteiger partial charge in [0.15, 0.2) is 6.29 Å². The molecule has 0 spiro atoms. The molecule has 1 saturated heterocycles. The van der Waals surface area contributed by atoms with Crippen LogP contribution in [0.5, 0.6) is 0 Å². The van der Waals surface area contributed by atoms with Crippen LogP contribution in [0.3, 0.4) is 0 Å². The van der Waals surface area contributed by atoms with E-state index in [0.717, 1.165) is 10.9 Å². The Morgan fingerprint density at radius 3 is 2.36 bits per heavy atom. The highest BCUT2D eigenvalue weighted by molar-refractivity contribution is 4.81. The lowest BCUT2D eigenvalue weighted by Gasteiger charge is -2.44. The Balaban J connectivity index is 2.73. The summed E-state index contributed by atoms with van der Waals surface area (Å²) in [5.74, 6) is 0. The predicted octanol–water partition coefficient (Wildman–Crippen LogP) is 0.203. The first-order chi connectivity index (χ1) is 6.36. The average Bonchev–Trinajstić information content (AvgIpc) is 2.07. The number of quaternary nitrogens is 1. The monoisotopic (exact) mass is 204 g/mol. The SMILES string of the molecule is COC1CC([N+](C)(C)C)[C@H](O)C(C)O1. The second-order valence-corrected chi connectivity index (χ2v) is 4.92. The summed E-state index contributed by atoms with van der Waals surface area (Å²) >= 11 is 0. The number of aliphatic hydroxyl groups excluding tert-OH is 1. The van der Waals surface area contributed by atoms with Crippen LogP contribution in [-0.4, -0.2) is 62.4 Å². The topological polar surface area (TPSA) is 38.7 Å². The molecule has 0 saturated carbocycles. The van der Waals surface area contributed by atoms with E-state index in [0.29, 0.717) is 0 Å². The molecule has 0 aromatic carbocycles. The summed E-state index contributed by atoms with van der Waals surface area (Å²) < 4.78 is 11.4. The van der Waals surface area contributed by atoms with Crippen LogP contribution < -0.4 is 0 Å². The minimum absolute atomic E-state index is 0.156. The zero-order valence-corrected chi connectivity index (χ0v) is 9.73. The number of hydrogen-bond donors (Lipinski definition) is 1. The maximum absolute atomic E-state index is 9.99. The van der Waals surface area contributed by atoms with Crippen molar-refractivity contribution >= 4 is 0 Å². The van der Waals surface area contributed by atoms with Crippen molar-refractivity contribution in [2.75, 3.05) is 28.3 Å². The smallest absolute Gasteiger partial charge is 0.163 e. The molecule has 0 bridgehead atoms. The molecular weight excluding hydrogens is 182 g/mol. The van der Waals surface area contributed by atoms with Crippen molar-refractivity contribution in [3.8, 4) is 0 Å².